The average molecular weight is 438 g/mol. The highest BCUT2D eigenvalue weighted by Crippen LogP contribution is 2.24. The van der Waals surface area contributed by atoms with E-state index in [4.69, 9.17) is 9.47 Å². The first kappa shape index (κ1) is 21.5. The third-order valence-electron chi connectivity index (χ3n) is 5.37. The lowest BCUT2D eigenvalue weighted by Gasteiger charge is -2.33. The van der Waals surface area contributed by atoms with E-state index in [9.17, 15) is 4.79 Å². The van der Waals surface area contributed by atoms with Crippen LogP contribution in [0, 0.1) is 6.92 Å². The molecule has 4 rings (SSSR count). The molecular formula is C22H27N7O3. The van der Waals surface area contributed by atoms with E-state index in [1.807, 2.05) is 23.8 Å². The van der Waals surface area contributed by atoms with Crippen molar-refractivity contribution in [1.29, 1.82) is 0 Å². The Morgan fingerprint density at radius 3 is 2.75 bits per heavy atom. The standard InChI is InChI=1S/C22H27N7O3/c1-16-13-19(22(30)24-8-12-28-11-7-23-15-28)26-27-21(16)29-9-5-17(6-10-29)32-18-3-4-20(31-2)25-14-18/h3-4,7,11,13-15,17H,5-6,8-10,12H2,1-2H3,(H,24,30). The van der Waals surface area contributed by atoms with Crippen LogP contribution in [-0.4, -0.2) is 63.5 Å². The number of pyridine rings is 1. The number of nitrogens with zero attached hydrogens (tertiary/aromatic N) is 6. The number of methoxy groups -OCH3 is 1. The molecule has 10 heteroatoms. The minimum absolute atomic E-state index is 0.121. The number of anilines is 1. The molecule has 0 unspecified atom stereocenters. The Bertz CT molecular complexity index is 1020. The van der Waals surface area contributed by atoms with Crippen molar-refractivity contribution in [2.75, 3.05) is 31.6 Å². The number of amides is 1. The first-order valence-corrected chi connectivity index (χ1v) is 10.6. The average Bonchev–Trinajstić information content (AvgIpc) is 3.34. The van der Waals surface area contributed by atoms with E-state index in [1.54, 1.807) is 38.0 Å². The number of carbonyl (C=O) groups is 1. The molecule has 0 radical (unpaired) electrons. The Labute approximate surface area is 186 Å². The van der Waals surface area contributed by atoms with E-state index in [2.05, 4.69) is 30.4 Å². The molecule has 0 saturated carbocycles. The molecule has 1 fully saturated rings. The lowest BCUT2D eigenvalue weighted by atomic mass is 10.1. The highest BCUT2D eigenvalue weighted by molar-refractivity contribution is 5.92. The topological polar surface area (TPSA) is 107 Å². The summed E-state index contributed by atoms with van der Waals surface area (Å²) in [6, 6.07) is 5.45. The second-order valence-corrected chi connectivity index (χ2v) is 7.63. The van der Waals surface area contributed by atoms with Crippen LogP contribution in [0.2, 0.25) is 0 Å². The Morgan fingerprint density at radius 1 is 1.25 bits per heavy atom. The smallest absolute Gasteiger partial charge is 0.271 e. The molecular weight excluding hydrogens is 410 g/mol. The highest BCUT2D eigenvalue weighted by atomic mass is 16.5. The molecule has 4 heterocycles. The Hall–Kier alpha value is -3.69. The van der Waals surface area contributed by atoms with Gasteiger partial charge in [0.1, 0.15) is 11.9 Å². The Morgan fingerprint density at radius 2 is 2.09 bits per heavy atom. The molecule has 0 spiro atoms. The minimum Gasteiger partial charge on any atom is -0.489 e. The van der Waals surface area contributed by atoms with Crippen molar-refractivity contribution in [1.82, 2.24) is 30.0 Å². The molecule has 0 atom stereocenters. The zero-order valence-corrected chi connectivity index (χ0v) is 18.3. The summed E-state index contributed by atoms with van der Waals surface area (Å²) in [7, 11) is 1.59. The van der Waals surface area contributed by atoms with Crippen LogP contribution >= 0.6 is 0 Å². The molecule has 1 N–H and O–H groups in total. The molecule has 10 nitrogen and oxygen atoms in total. The van der Waals surface area contributed by atoms with Crippen LogP contribution in [0.15, 0.2) is 43.1 Å². The van der Waals surface area contributed by atoms with Gasteiger partial charge in [0.2, 0.25) is 5.88 Å². The molecule has 0 bridgehead atoms. The van der Waals surface area contributed by atoms with Gasteiger partial charge in [-0.25, -0.2) is 9.97 Å². The lowest BCUT2D eigenvalue weighted by molar-refractivity contribution is 0.0946. The number of hydrogen-bond donors (Lipinski definition) is 1. The van der Waals surface area contributed by atoms with Crippen molar-refractivity contribution < 1.29 is 14.3 Å². The van der Waals surface area contributed by atoms with Crippen LogP contribution in [0.3, 0.4) is 0 Å². The summed E-state index contributed by atoms with van der Waals surface area (Å²) in [4.78, 5) is 22.7. The van der Waals surface area contributed by atoms with Crippen molar-refractivity contribution >= 4 is 11.7 Å². The van der Waals surface area contributed by atoms with Crippen LogP contribution in [0.4, 0.5) is 5.82 Å². The van der Waals surface area contributed by atoms with Gasteiger partial charge in [-0.15, -0.1) is 10.2 Å². The van der Waals surface area contributed by atoms with Crippen molar-refractivity contribution in [3.05, 3.63) is 54.4 Å². The zero-order chi connectivity index (χ0) is 22.3. The molecule has 1 aliphatic rings. The number of carbonyl (C=O) groups excluding carboxylic acids is 1. The fraction of sp³-hybridized carbons (Fsp3) is 0.409. The SMILES string of the molecule is COc1ccc(OC2CCN(c3nnc(C(=O)NCCn4ccnc4)cc3C)CC2)cn1. The van der Waals surface area contributed by atoms with Gasteiger partial charge in [-0.05, 0) is 24.6 Å². The number of aryl methyl sites for hydroxylation is 1. The number of rotatable bonds is 8. The number of piperidine rings is 1. The van der Waals surface area contributed by atoms with E-state index >= 15 is 0 Å². The summed E-state index contributed by atoms with van der Waals surface area (Å²) in [6.07, 6.45) is 8.81. The largest absolute Gasteiger partial charge is 0.489 e. The van der Waals surface area contributed by atoms with Gasteiger partial charge in [-0.2, -0.15) is 0 Å². The predicted molar refractivity (Wildman–Crippen MR) is 118 cm³/mol. The van der Waals surface area contributed by atoms with Crippen LogP contribution < -0.4 is 19.7 Å². The maximum Gasteiger partial charge on any atom is 0.271 e. The fourth-order valence-corrected chi connectivity index (χ4v) is 3.65. The van der Waals surface area contributed by atoms with Gasteiger partial charge in [-0.3, -0.25) is 4.79 Å². The monoisotopic (exact) mass is 437 g/mol. The maximum atomic E-state index is 12.4. The van der Waals surface area contributed by atoms with E-state index in [0.29, 0.717) is 24.7 Å². The van der Waals surface area contributed by atoms with Crippen molar-refractivity contribution in [2.45, 2.75) is 32.4 Å². The Kier molecular flexibility index (Phi) is 6.78. The third-order valence-corrected chi connectivity index (χ3v) is 5.37. The highest BCUT2D eigenvalue weighted by Gasteiger charge is 2.23. The number of hydrogen-bond acceptors (Lipinski definition) is 8. The summed E-state index contributed by atoms with van der Waals surface area (Å²) in [5.74, 6) is 1.89. The summed E-state index contributed by atoms with van der Waals surface area (Å²) in [5.41, 5.74) is 1.25. The first-order chi connectivity index (χ1) is 15.6. The van der Waals surface area contributed by atoms with Crippen molar-refractivity contribution in [3.8, 4) is 11.6 Å². The van der Waals surface area contributed by atoms with E-state index in [-0.39, 0.29) is 12.0 Å². The molecule has 1 saturated heterocycles. The summed E-state index contributed by atoms with van der Waals surface area (Å²) in [6.45, 7) is 4.72. The normalized spacial score (nSPS) is 14.2. The lowest BCUT2D eigenvalue weighted by Crippen LogP contribution is -2.39. The molecule has 3 aromatic heterocycles. The van der Waals surface area contributed by atoms with Gasteiger partial charge < -0.3 is 24.3 Å². The predicted octanol–water partition coefficient (Wildman–Crippen LogP) is 1.86. The maximum absolute atomic E-state index is 12.4. The molecule has 1 aliphatic heterocycles. The Balaban J connectivity index is 1.28. The van der Waals surface area contributed by atoms with Gasteiger partial charge in [0.05, 0.1) is 19.6 Å². The van der Waals surface area contributed by atoms with Gasteiger partial charge in [0, 0.05) is 57.5 Å². The van der Waals surface area contributed by atoms with Crippen molar-refractivity contribution in [2.24, 2.45) is 0 Å². The molecule has 1 amide bonds. The molecule has 3 aromatic rings. The second kappa shape index (κ2) is 10.1. The van der Waals surface area contributed by atoms with E-state index in [1.165, 1.54) is 0 Å². The summed E-state index contributed by atoms with van der Waals surface area (Å²) < 4.78 is 13.0. The van der Waals surface area contributed by atoms with Crippen LogP contribution in [0.5, 0.6) is 11.6 Å². The van der Waals surface area contributed by atoms with Crippen LogP contribution in [0.1, 0.15) is 28.9 Å². The summed E-state index contributed by atoms with van der Waals surface area (Å²) in [5, 5.41) is 11.4. The van der Waals surface area contributed by atoms with Crippen LogP contribution in [-0.2, 0) is 6.54 Å². The van der Waals surface area contributed by atoms with Crippen molar-refractivity contribution in [3.63, 3.8) is 0 Å². The summed E-state index contributed by atoms with van der Waals surface area (Å²) >= 11 is 0. The molecule has 32 heavy (non-hydrogen) atoms. The van der Waals surface area contributed by atoms with Crippen LogP contribution in [0.25, 0.3) is 0 Å². The first-order valence-electron chi connectivity index (χ1n) is 10.6. The van der Waals surface area contributed by atoms with Gasteiger partial charge in [0.25, 0.3) is 5.91 Å². The minimum atomic E-state index is -0.229. The molecule has 0 aliphatic carbocycles. The van der Waals surface area contributed by atoms with E-state index < -0.39 is 0 Å². The molecule has 168 valence electrons. The molecule has 0 aromatic carbocycles. The van der Waals surface area contributed by atoms with Gasteiger partial charge >= 0.3 is 0 Å². The van der Waals surface area contributed by atoms with E-state index in [0.717, 1.165) is 43.1 Å². The fourth-order valence-electron chi connectivity index (χ4n) is 3.65. The number of aromatic nitrogens is 5. The third kappa shape index (κ3) is 5.32. The quantitative estimate of drug-likeness (QED) is 0.569. The number of imidazole rings is 1. The van der Waals surface area contributed by atoms with Gasteiger partial charge in [0.15, 0.2) is 11.5 Å². The number of nitrogens with one attached hydrogen (secondary N) is 1. The number of ether oxygens (including phenoxy) is 2. The second-order valence-electron chi connectivity index (χ2n) is 7.63. The zero-order valence-electron chi connectivity index (χ0n) is 18.3. The van der Waals surface area contributed by atoms with Gasteiger partial charge in [-0.1, -0.05) is 0 Å².